The summed E-state index contributed by atoms with van der Waals surface area (Å²) in [7, 11) is 0. The van der Waals surface area contributed by atoms with Crippen molar-refractivity contribution in [2.45, 2.75) is 16.2 Å². The van der Waals surface area contributed by atoms with Crippen molar-refractivity contribution < 1.29 is 4.55 Å². The number of rotatable bonds is 1. The summed E-state index contributed by atoms with van der Waals surface area (Å²) in [5, 5.41) is 0. The van der Waals surface area contributed by atoms with Gasteiger partial charge in [0.25, 0.3) is 0 Å². The van der Waals surface area contributed by atoms with Crippen molar-refractivity contribution in [3.8, 4) is 0 Å². The molecule has 0 aliphatic carbocycles. The maximum Gasteiger partial charge on any atom is 0.162 e. The molecule has 0 saturated carbocycles. The van der Waals surface area contributed by atoms with Crippen LogP contribution < -0.4 is 0 Å². The van der Waals surface area contributed by atoms with Gasteiger partial charge < -0.3 is 4.55 Å². The zero-order chi connectivity index (χ0) is 11.8. The van der Waals surface area contributed by atoms with E-state index in [-0.39, 0.29) is 0 Å². The van der Waals surface area contributed by atoms with E-state index in [9.17, 15) is 4.55 Å². The molecule has 0 bridgehead atoms. The van der Waals surface area contributed by atoms with Gasteiger partial charge in [-0.1, -0.05) is 43.0 Å². The molecule has 0 amide bonds. The third-order valence-electron chi connectivity index (χ3n) is 3.13. The van der Waals surface area contributed by atoms with Crippen LogP contribution in [0.1, 0.15) is 16.7 Å². The summed E-state index contributed by atoms with van der Waals surface area (Å²) in [4.78, 5) is 1.88. The lowest BCUT2D eigenvalue weighted by atomic mass is 9.99. The maximum atomic E-state index is 12.5. The van der Waals surface area contributed by atoms with Gasteiger partial charge in [-0.25, -0.2) is 0 Å². The molecule has 84 valence electrons. The summed E-state index contributed by atoms with van der Waals surface area (Å²) < 4.78 is 12.5. The predicted octanol–water partition coefficient (Wildman–Crippen LogP) is 3.40. The molecular weight excluding hydrogens is 228 g/mol. The number of fused-ring (bicyclic) bond motifs is 2. The summed E-state index contributed by atoms with van der Waals surface area (Å²) in [6.45, 7) is 3.82. The Morgan fingerprint density at radius 3 is 2.65 bits per heavy atom. The molecule has 1 heterocycles. The van der Waals surface area contributed by atoms with Crippen LogP contribution in [0.5, 0.6) is 0 Å². The van der Waals surface area contributed by atoms with E-state index in [1.165, 1.54) is 0 Å². The second kappa shape index (κ2) is 4.06. The van der Waals surface area contributed by atoms with Gasteiger partial charge in [-0.15, -0.1) is 0 Å². The van der Waals surface area contributed by atoms with E-state index in [0.29, 0.717) is 0 Å². The Kier molecular flexibility index (Phi) is 2.54. The first-order valence-electron chi connectivity index (χ1n) is 5.55. The minimum Gasteiger partial charge on any atom is -0.606 e. The van der Waals surface area contributed by atoms with E-state index in [0.717, 1.165) is 32.9 Å². The number of benzene rings is 2. The standard InChI is InChI=1S/C15H12OS/c1-2-11-7-5-9-15-13(11)10-12-6-3-4-8-14(12)17(15)16/h2-9H,1,10H2. The van der Waals surface area contributed by atoms with E-state index >= 15 is 0 Å². The first-order valence-corrected chi connectivity index (χ1v) is 6.70. The molecule has 1 unspecified atom stereocenters. The van der Waals surface area contributed by atoms with Gasteiger partial charge in [-0.05, 0) is 17.7 Å². The summed E-state index contributed by atoms with van der Waals surface area (Å²) in [5.74, 6) is 0. The minimum absolute atomic E-state index is 0.847. The number of hydrogen-bond donors (Lipinski definition) is 0. The Labute approximate surface area is 104 Å². The summed E-state index contributed by atoms with van der Waals surface area (Å²) in [6, 6.07) is 13.9. The molecule has 0 N–H and O–H groups in total. The largest absolute Gasteiger partial charge is 0.606 e. The Morgan fingerprint density at radius 2 is 1.82 bits per heavy atom. The van der Waals surface area contributed by atoms with Gasteiger partial charge in [-0.3, -0.25) is 0 Å². The van der Waals surface area contributed by atoms with Crippen molar-refractivity contribution in [2.24, 2.45) is 0 Å². The highest BCUT2D eigenvalue weighted by molar-refractivity contribution is 7.91. The molecule has 0 radical (unpaired) electrons. The molecule has 2 aromatic carbocycles. The monoisotopic (exact) mass is 240 g/mol. The molecule has 1 nitrogen and oxygen atoms in total. The first-order chi connectivity index (χ1) is 8.31. The molecule has 0 saturated heterocycles. The molecular formula is C15H12OS. The Hall–Kier alpha value is -1.51. The zero-order valence-corrected chi connectivity index (χ0v) is 10.2. The smallest absolute Gasteiger partial charge is 0.162 e. The van der Waals surface area contributed by atoms with Crippen molar-refractivity contribution in [1.82, 2.24) is 0 Å². The molecule has 1 atom stereocenters. The fourth-order valence-corrected chi connectivity index (χ4v) is 3.71. The van der Waals surface area contributed by atoms with Crippen LogP contribution in [0.4, 0.5) is 0 Å². The normalized spacial score (nSPS) is 17.1. The van der Waals surface area contributed by atoms with Crippen molar-refractivity contribution in [3.63, 3.8) is 0 Å². The molecule has 0 aromatic heterocycles. The summed E-state index contributed by atoms with van der Waals surface area (Å²) in [5.41, 5.74) is 3.40. The molecule has 17 heavy (non-hydrogen) atoms. The van der Waals surface area contributed by atoms with E-state index in [1.807, 2.05) is 42.5 Å². The van der Waals surface area contributed by atoms with Crippen LogP contribution >= 0.6 is 0 Å². The molecule has 3 rings (SSSR count). The average molecular weight is 240 g/mol. The van der Waals surface area contributed by atoms with Crippen LogP contribution in [0.15, 0.2) is 58.8 Å². The topological polar surface area (TPSA) is 23.1 Å². The van der Waals surface area contributed by atoms with Crippen LogP contribution in [0.3, 0.4) is 0 Å². The number of hydrogen-bond acceptors (Lipinski definition) is 1. The highest BCUT2D eigenvalue weighted by Crippen LogP contribution is 2.35. The molecule has 2 heteroatoms. The van der Waals surface area contributed by atoms with E-state index in [1.54, 1.807) is 0 Å². The van der Waals surface area contributed by atoms with Gasteiger partial charge in [0.2, 0.25) is 0 Å². The lowest BCUT2D eigenvalue weighted by molar-refractivity contribution is 0.590. The molecule has 2 aromatic rings. The zero-order valence-electron chi connectivity index (χ0n) is 9.35. The fraction of sp³-hybridized carbons (Fsp3) is 0.0667. The molecule has 0 spiro atoms. The highest BCUT2D eigenvalue weighted by atomic mass is 32.2. The van der Waals surface area contributed by atoms with Crippen LogP contribution in [0.25, 0.3) is 6.08 Å². The Morgan fingerprint density at radius 1 is 1.06 bits per heavy atom. The fourth-order valence-electron chi connectivity index (χ4n) is 2.28. The molecule has 0 fully saturated rings. The van der Waals surface area contributed by atoms with Crippen molar-refractivity contribution in [2.75, 3.05) is 0 Å². The van der Waals surface area contributed by atoms with E-state index < -0.39 is 11.2 Å². The van der Waals surface area contributed by atoms with Crippen molar-refractivity contribution in [1.29, 1.82) is 0 Å². The van der Waals surface area contributed by atoms with Crippen LogP contribution in [0, 0.1) is 0 Å². The quantitative estimate of drug-likeness (QED) is 0.701. The highest BCUT2D eigenvalue weighted by Gasteiger charge is 2.28. The van der Waals surface area contributed by atoms with Gasteiger partial charge in [0.05, 0.1) is 0 Å². The van der Waals surface area contributed by atoms with Crippen LogP contribution in [-0.2, 0) is 17.6 Å². The minimum atomic E-state index is -1.05. The predicted molar refractivity (Wildman–Crippen MR) is 70.5 cm³/mol. The Balaban J connectivity index is 2.22. The summed E-state index contributed by atoms with van der Waals surface area (Å²) in [6.07, 6.45) is 2.68. The van der Waals surface area contributed by atoms with E-state index in [2.05, 4.69) is 12.6 Å². The third kappa shape index (κ3) is 1.61. The van der Waals surface area contributed by atoms with Gasteiger partial charge in [-0.2, -0.15) is 0 Å². The van der Waals surface area contributed by atoms with Crippen LogP contribution in [-0.4, -0.2) is 4.55 Å². The van der Waals surface area contributed by atoms with E-state index in [4.69, 9.17) is 0 Å². The van der Waals surface area contributed by atoms with Gasteiger partial charge in [0.15, 0.2) is 9.79 Å². The molecule has 1 aliphatic heterocycles. The third-order valence-corrected chi connectivity index (χ3v) is 4.71. The molecule has 1 aliphatic rings. The maximum absolute atomic E-state index is 12.5. The second-order valence-electron chi connectivity index (χ2n) is 4.08. The first kappa shape index (κ1) is 10.6. The SMILES string of the molecule is C=Cc1cccc2c1Cc1ccccc1[S+]2[O-]. The van der Waals surface area contributed by atoms with Gasteiger partial charge >= 0.3 is 0 Å². The van der Waals surface area contributed by atoms with Gasteiger partial charge in [0, 0.05) is 28.7 Å². The second-order valence-corrected chi connectivity index (χ2v) is 5.50. The van der Waals surface area contributed by atoms with Gasteiger partial charge in [0.1, 0.15) is 0 Å². The lowest BCUT2D eigenvalue weighted by Gasteiger charge is -2.22. The Bertz CT molecular complexity index is 589. The van der Waals surface area contributed by atoms with Crippen molar-refractivity contribution >= 4 is 17.3 Å². The van der Waals surface area contributed by atoms with Crippen molar-refractivity contribution in [3.05, 3.63) is 65.7 Å². The average Bonchev–Trinajstić information content (AvgIpc) is 2.38. The lowest BCUT2D eigenvalue weighted by Crippen LogP contribution is -2.15. The van der Waals surface area contributed by atoms with Crippen LogP contribution in [0.2, 0.25) is 0 Å². The summed E-state index contributed by atoms with van der Waals surface area (Å²) >= 11 is -1.05.